The molecule has 2 heterocycles. The van der Waals surface area contributed by atoms with Gasteiger partial charge in [-0.2, -0.15) is 0 Å². The zero-order valence-corrected chi connectivity index (χ0v) is 12.7. The maximum atomic E-state index is 5.90. The smallest absolute Gasteiger partial charge is 0.167 e. The van der Waals surface area contributed by atoms with Gasteiger partial charge in [0.05, 0.1) is 9.26 Å². The fourth-order valence-corrected chi connectivity index (χ4v) is 3.06. The summed E-state index contributed by atoms with van der Waals surface area (Å²) in [5.74, 6) is 0. The Kier molecular flexibility index (Phi) is 2.73. The molecule has 96 valence electrons. The second kappa shape index (κ2) is 4.59. The van der Waals surface area contributed by atoms with Crippen LogP contribution in [0, 0.1) is 3.57 Å². The number of rotatable bonds is 1. The summed E-state index contributed by atoms with van der Waals surface area (Å²) in [4.78, 5) is 4.80. The third kappa shape index (κ3) is 1.81. The monoisotopic (exact) mass is 371 g/mol. The number of pyridine rings is 1. The van der Waals surface area contributed by atoms with Crippen LogP contribution in [-0.2, 0) is 0 Å². The maximum absolute atomic E-state index is 5.90. The first-order valence-corrected chi connectivity index (χ1v) is 7.44. The Morgan fingerprint density at radius 3 is 2.50 bits per heavy atom. The number of fused-ring (bicyclic) bond motifs is 3. The molecular formula is C17H10INO. The molecule has 2 aromatic heterocycles. The van der Waals surface area contributed by atoms with Gasteiger partial charge in [0.1, 0.15) is 11.1 Å². The van der Waals surface area contributed by atoms with Crippen molar-refractivity contribution in [1.29, 1.82) is 0 Å². The molecule has 2 aromatic carbocycles. The van der Waals surface area contributed by atoms with Gasteiger partial charge in [0.15, 0.2) is 5.58 Å². The highest BCUT2D eigenvalue weighted by molar-refractivity contribution is 14.1. The molecule has 0 fully saturated rings. The van der Waals surface area contributed by atoms with Crippen molar-refractivity contribution in [3.63, 3.8) is 0 Å². The van der Waals surface area contributed by atoms with E-state index in [2.05, 4.69) is 46.9 Å². The van der Waals surface area contributed by atoms with Gasteiger partial charge in [-0.25, -0.2) is 4.98 Å². The van der Waals surface area contributed by atoms with Crippen molar-refractivity contribution in [2.24, 2.45) is 0 Å². The number of hydrogen-bond acceptors (Lipinski definition) is 2. The number of aromatic nitrogens is 1. The summed E-state index contributed by atoms with van der Waals surface area (Å²) in [7, 11) is 0. The normalized spacial score (nSPS) is 11.2. The highest BCUT2D eigenvalue weighted by atomic mass is 127. The third-order valence-electron chi connectivity index (χ3n) is 3.35. The average Bonchev–Trinajstić information content (AvgIpc) is 2.88. The van der Waals surface area contributed by atoms with Crippen LogP contribution < -0.4 is 0 Å². The van der Waals surface area contributed by atoms with Crippen LogP contribution in [0.5, 0.6) is 0 Å². The van der Waals surface area contributed by atoms with Crippen molar-refractivity contribution in [2.45, 2.75) is 0 Å². The Morgan fingerprint density at radius 1 is 0.900 bits per heavy atom. The summed E-state index contributed by atoms with van der Waals surface area (Å²) < 4.78 is 6.99. The zero-order valence-electron chi connectivity index (χ0n) is 10.5. The molecule has 0 aliphatic heterocycles. The van der Waals surface area contributed by atoms with E-state index in [1.165, 1.54) is 0 Å². The van der Waals surface area contributed by atoms with Crippen LogP contribution in [-0.4, -0.2) is 4.98 Å². The van der Waals surface area contributed by atoms with Crippen LogP contribution in [0.4, 0.5) is 0 Å². The summed E-state index contributed by atoms with van der Waals surface area (Å²) in [5.41, 5.74) is 4.79. The molecule has 20 heavy (non-hydrogen) atoms. The Labute approximate surface area is 129 Å². The molecule has 0 amide bonds. The standard InChI is InChI=1S/C17H10INO/c18-13-10-14(11-6-2-1-3-7-11)19-16-12-8-4-5-9-15(12)20-17(13)16/h1-10H. The van der Waals surface area contributed by atoms with Crippen LogP contribution in [0.25, 0.3) is 33.3 Å². The zero-order chi connectivity index (χ0) is 13.5. The van der Waals surface area contributed by atoms with Crippen LogP contribution >= 0.6 is 22.6 Å². The van der Waals surface area contributed by atoms with E-state index in [1.807, 2.05) is 36.4 Å². The fraction of sp³-hybridized carbons (Fsp3) is 0. The number of nitrogens with zero attached hydrogens (tertiary/aromatic N) is 1. The van der Waals surface area contributed by atoms with E-state index in [1.54, 1.807) is 0 Å². The largest absolute Gasteiger partial charge is 0.453 e. The number of furan rings is 1. The predicted octanol–water partition coefficient (Wildman–Crippen LogP) is 5.25. The van der Waals surface area contributed by atoms with Gasteiger partial charge in [-0.15, -0.1) is 0 Å². The average molecular weight is 371 g/mol. The molecule has 0 spiro atoms. The lowest BCUT2D eigenvalue weighted by Gasteiger charge is -2.02. The van der Waals surface area contributed by atoms with Crippen molar-refractivity contribution in [3.05, 3.63) is 64.2 Å². The molecule has 0 N–H and O–H groups in total. The van der Waals surface area contributed by atoms with E-state index in [0.717, 1.165) is 36.9 Å². The third-order valence-corrected chi connectivity index (χ3v) is 4.15. The topological polar surface area (TPSA) is 26.0 Å². The molecule has 0 aliphatic rings. The molecule has 0 unspecified atom stereocenters. The van der Waals surface area contributed by atoms with E-state index in [-0.39, 0.29) is 0 Å². The van der Waals surface area contributed by atoms with Crippen molar-refractivity contribution in [1.82, 2.24) is 4.98 Å². The highest BCUT2D eigenvalue weighted by Crippen LogP contribution is 2.32. The van der Waals surface area contributed by atoms with Gasteiger partial charge in [0, 0.05) is 10.9 Å². The van der Waals surface area contributed by atoms with Crippen molar-refractivity contribution in [2.75, 3.05) is 0 Å². The molecule has 0 radical (unpaired) electrons. The Morgan fingerprint density at radius 2 is 1.65 bits per heavy atom. The number of halogens is 1. The minimum atomic E-state index is 0.867. The van der Waals surface area contributed by atoms with Gasteiger partial charge in [-0.05, 0) is 40.8 Å². The summed E-state index contributed by atoms with van der Waals surface area (Å²) in [6.45, 7) is 0. The number of hydrogen-bond donors (Lipinski definition) is 0. The predicted molar refractivity (Wildman–Crippen MR) is 89.7 cm³/mol. The molecule has 4 aromatic rings. The molecular weight excluding hydrogens is 361 g/mol. The fourth-order valence-electron chi connectivity index (χ4n) is 2.40. The van der Waals surface area contributed by atoms with Gasteiger partial charge in [-0.1, -0.05) is 42.5 Å². The molecule has 2 nitrogen and oxygen atoms in total. The van der Waals surface area contributed by atoms with Gasteiger partial charge in [0.2, 0.25) is 0 Å². The first kappa shape index (κ1) is 11.9. The summed E-state index contributed by atoms with van der Waals surface area (Å²) in [5, 5.41) is 1.07. The minimum absolute atomic E-state index is 0.867. The number of benzene rings is 2. The molecule has 3 heteroatoms. The van der Waals surface area contributed by atoms with Crippen molar-refractivity contribution < 1.29 is 4.42 Å². The van der Waals surface area contributed by atoms with Crippen LogP contribution in [0.3, 0.4) is 0 Å². The molecule has 0 bridgehead atoms. The van der Waals surface area contributed by atoms with Crippen molar-refractivity contribution in [3.8, 4) is 11.3 Å². The lowest BCUT2D eigenvalue weighted by Crippen LogP contribution is -1.86. The minimum Gasteiger partial charge on any atom is -0.453 e. The highest BCUT2D eigenvalue weighted by Gasteiger charge is 2.13. The summed E-state index contributed by atoms with van der Waals surface area (Å²) >= 11 is 2.31. The van der Waals surface area contributed by atoms with Gasteiger partial charge < -0.3 is 4.42 Å². The van der Waals surface area contributed by atoms with Gasteiger partial charge in [0.25, 0.3) is 0 Å². The first-order chi connectivity index (χ1) is 9.83. The van der Waals surface area contributed by atoms with E-state index in [9.17, 15) is 0 Å². The molecule has 0 saturated carbocycles. The molecule has 0 saturated heterocycles. The van der Waals surface area contributed by atoms with E-state index in [0.29, 0.717) is 0 Å². The van der Waals surface area contributed by atoms with E-state index in [4.69, 9.17) is 9.40 Å². The first-order valence-electron chi connectivity index (χ1n) is 6.36. The molecule has 0 aliphatic carbocycles. The number of para-hydroxylation sites is 1. The lowest BCUT2D eigenvalue weighted by molar-refractivity contribution is 0.666. The summed E-state index contributed by atoms with van der Waals surface area (Å²) in [6.07, 6.45) is 0. The van der Waals surface area contributed by atoms with Crippen LogP contribution in [0.1, 0.15) is 0 Å². The Balaban J connectivity index is 2.08. The van der Waals surface area contributed by atoms with E-state index < -0.39 is 0 Å². The van der Waals surface area contributed by atoms with Crippen LogP contribution in [0.15, 0.2) is 65.1 Å². The quantitative estimate of drug-likeness (QED) is 0.427. The summed E-state index contributed by atoms with van der Waals surface area (Å²) in [6, 6.07) is 20.3. The van der Waals surface area contributed by atoms with Crippen molar-refractivity contribution >= 4 is 44.7 Å². The molecule has 4 rings (SSSR count). The maximum Gasteiger partial charge on any atom is 0.167 e. The second-order valence-corrected chi connectivity index (χ2v) is 5.79. The second-order valence-electron chi connectivity index (χ2n) is 4.63. The van der Waals surface area contributed by atoms with Gasteiger partial charge >= 0.3 is 0 Å². The van der Waals surface area contributed by atoms with Crippen LogP contribution in [0.2, 0.25) is 0 Å². The Hall–Kier alpha value is -1.88. The molecule has 0 atom stereocenters. The SMILES string of the molecule is Ic1cc(-c2ccccc2)nc2c1oc1ccccc12. The van der Waals surface area contributed by atoms with Gasteiger partial charge in [-0.3, -0.25) is 0 Å². The lowest BCUT2D eigenvalue weighted by atomic mass is 10.1. The van der Waals surface area contributed by atoms with E-state index >= 15 is 0 Å². The Bertz CT molecular complexity index is 912.